The van der Waals surface area contributed by atoms with Crippen LogP contribution in [-0.4, -0.2) is 68.9 Å². The topological polar surface area (TPSA) is 81.1 Å². The molecule has 2 heterocycles. The van der Waals surface area contributed by atoms with Crippen molar-refractivity contribution >= 4 is 23.8 Å². The van der Waals surface area contributed by atoms with E-state index in [1.807, 2.05) is 6.92 Å². The number of carbonyl (C=O) groups is 2. The highest BCUT2D eigenvalue weighted by molar-refractivity contribution is 8.00. The van der Waals surface area contributed by atoms with E-state index in [2.05, 4.69) is 0 Å². The smallest absolute Gasteiger partial charge is 0.327 e. The van der Waals surface area contributed by atoms with Crippen LogP contribution in [0, 0.1) is 5.92 Å². The summed E-state index contributed by atoms with van der Waals surface area (Å²) in [5.74, 6) is -0.191. The molecular formula is C13H22N2O4S. The van der Waals surface area contributed by atoms with Crippen molar-refractivity contribution in [3.05, 3.63) is 0 Å². The van der Waals surface area contributed by atoms with Crippen molar-refractivity contribution in [3.63, 3.8) is 0 Å². The van der Waals surface area contributed by atoms with Gasteiger partial charge >= 0.3 is 12.0 Å². The highest BCUT2D eigenvalue weighted by Gasteiger charge is 2.42. The molecule has 2 atom stereocenters. The fraction of sp³-hybridized carbons (Fsp3) is 0.846. The van der Waals surface area contributed by atoms with E-state index in [4.69, 9.17) is 5.11 Å². The SMILES string of the molecule is CCC1SCC(C(=O)O)N1C(=O)N1CCC(CO)CC1. The molecule has 0 saturated carbocycles. The van der Waals surface area contributed by atoms with E-state index < -0.39 is 12.0 Å². The van der Waals surface area contributed by atoms with Crippen molar-refractivity contribution in [2.75, 3.05) is 25.4 Å². The number of aliphatic hydroxyl groups excluding tert-OH is 1. The monoisotopic (exact) mass is 302 g/mol. The van der Waals surface area contributed by atoms with E-state index in [-0.39, 0.29) is 23.9 Å². The van der Waals surface area contributed by atoms with Gasteiger partial charge in [-0.15, -0.1) is 11.8 Å². The summed E-state index contributed by atoms with van der Waals surface area (Å²) in [5, 5.41) is 18.4. The van der Waals surface area contributed by atoms with E-state index in [0.717, 1.165) is 19.3 Å². The van der Waals surface area contributed by atoms with Crippen LogP contribution in [0.2, 0.25) is 0 Å². The number of aliphatic carboxylic acids is 1. The fourth-order valence-corrected chi connectivity index (χ4v) is 4.14. The number of likely N-dealkylation sites (tertiary alicyclic amines) is 1. The Labute approximate surface area is 123 Å². The molecule has 0 spiro atoms. The Balaban J connectivity index is 2.04. The average Bonchev–Trinajstić information content (AvgIpc) is 2.90. The van der Waals surface area contributed by atoms with Crippen molar-refractivity contribution in [3.8, 4) is 0 Å². The molecule has 2 saturated heterocycles. The van der Waals surface area contributed by atoms with Gasteiger partial charge in [-0.25, -0.2) is 9.59 Å². The first kappa shape index (κ1) is 15.4. The average molecular weight is 302 g/mol. The number of nitrogens with zero attached hydrogens (tertiary/aromatic N) is 2. The summed E-state index contributed by atoms with van der Waals surface area (Å²) in [6.07, 6.45) is 2.34. The Morgan fingerprint density at radius 2 is 1.95 bits per heavy atom. The first-order valence-corrected chi connectivity index (χ1v) is 8.15. The Kier molecular flexibility index (Phi) is 5.15. The van der Waals surface area contributed by atoms with Crippen LogP contribution in [0.25, 0.3) is 0 Å². The highest BCUT2D eigenvalue weighted by atomic mass is 32.2. The molecule has 2 unspecified atom stereocenters. The number of rotatable bonds is 3. The summed E-state index contributed by atoms with van der Waals surface area (Å²) in [7, 11) is 0. The van der Waals surface area contributed by atoms with Crippen molar-refractivity contribution in [1.29, 1.82) is 0 Å². The second-order valence-corrected chi connectivity index (χ2v) is 6.56. The molecule has 2 fully saturated rings. The standard InChI is InChI=1S/C13H22N2O4S/c1-2-11-15(10(8-20-11)12(17)18)13(19)14-5-3-9(7-16)4-6-14/h9-11,16H,2-8H2,1H3,(H,17,18). The molecule has 20 heavy (non-hydrogen) atoms. The third-order valence-corrected chi connectivity index (χ3v) is 5.54. The van der Waals surface area contributed by atoms with E-state index in [1.165, 1.54) is 4.90 Å². The van der Waals surface area contributed by atoms with Crippen LogP contribution in [0.1, 0.15) is 26.2 Å². The summed E-state index contributed by atoms with van der Waals surface area (Å²) in [4.78, 5) is 27.2. The summed E-state index contributed by atoms with van der Waals surface area (Å²) >= 11 is 1.54. The molecule has 7 heteroatoms. The summed E-state index contributed by atoms with van der Waals surface area (Å²) < 4.78 is 0. The number of carbonyl (C=O) groups excluding carboxylic acids is 1. The number of aliphatic hydroxyl groups is 1. The van der Waals surface area contributed by atoms with Crippen LogP contribution >= 0.6 is 11.8 Å². The van der Waals surface area contributed by atoms with Gasteiger partial charge in [-0.1, -0.05) is 6.92 Å². The number of amides is 2. The molecule has 0 aromatic carbocycles. The van der Waals surface area contributed by atoms with Crippen LogP contribution in [0.15, 0.2) is 0 Å². The molecule has 0 bridgehead atoms. The molecule has 2 rings (SSSR count). The lowest BCUT2D eigenvalue weighted by atomic mass is 9.98. The maximum atomic E-state index is 12.6. The first-order valence-electron chi connectivity index (χ1n) is 7.11. The maximum Gasteiger partial charge on any atom is 0.327 e. The minimum absolute atomic E-state index is 0.0424. The Bertz CT molecular complexity index is 371. The van der Waals surface area contributed by atoms with Gasteiger partial charge in [-0.05, 0) is 25.2 Å². The normalized spacial score (nSPS) is 27.9. The number of hydrogen-bond acceptors (Lipinski definition) is 4. The van der Waals surface area contributed by atoms with Gasteiger partial charge in [0.25, 0.3) is 0 Å². The van der Waals surface area contributed by atoms with Gasteiger partial charge in [0.1, 0.15) is 6.04 Å². The van der Waals surface area contributed by atoms with E-state index in [9.17, 15) is 14.7 Å². The van der Waals surface area contributed by atoms with Gasteiger partial charge in [0.2, 0.25) is 0 Å². The van der Waals surface area contributed by atoms with Crippen LogP contribution in [-0.2, 0) is 4.79 Å². The lowest BCUT2D eigenvalue weighted by Crippen LogP contribution is -2.53. The van der Waals surface area contributed by atoms with Gasteiger partial charge in [0.15, 0.2) is 0 Å². The number of thioether (sulfide) groups is 1. The molecule has 114 valence electrons. The van der Waals surface area contributed by atoms with Gasteiger partial charge in [0.05, 0.1) is 5.37 Å². The zero-order valence-electron chi connectivity index (χ0n) is 11.7. The minimum atomic E-state index is -0.924. The van der Waals surface area contributed by atoms with Crippen molar-refractivity contribution < 1.29 is 19.8 Å². The Morgan fingerprint density at radius 1 is 1.30 bits per heavy atom. The number of piperidine rings is 1. The quantitative estimate of drug-likeness (QED) is 0.814. The van der Waals surface area contributed by atoms with Crippen LogP contribution in [0.3, 0.4) is 0 Å². The zero-order chi connectivity index (χ0) is 14.7. The molecule has 2 N–H and O–H groups in total. The van der Waals surface area contributed by atoms with Gasteiger partial charge in [-0.2, -0.15) is 0 Å². The van der Waals surface area contributed by atoms with Gasteiger partial charge in [-0.3, -0.25) is 4.90 Å². The summed E-state index contributed by atoms with van der Waals surface area (Å²) in [6.45, 7) is 3.35. The number of hydrogen-bond donors (Lipinski definition) is 2. The minimum Gasteiger partial charge on any atom is -0.480 e. The number of carboxylic acids is 1. The first-order chi connectivity index (χ1) is 9.58. The van der Waals surface area contributed by atoms with Crippen LogP contribution < -0.4 is 0 Å². The second-order valence-electron chi connectivity index (χ2n) is 5.35. The molecule has 2 amide bonds. The molecule has 0 aromatic heterocycles. The maximum absolute atomic E-state index is 12.6. The molecule has 0 aliphatic carbocycles. The molecule has 0 aromatic rings. The third-order valence-electron chi connectivity index (χ3n) is 4.09. The van der Waals surface area contributed by atoms with E-state index in [0.29, 0.717) is 18.8 Å². The molecular weight excluding hydrogens is 280 g/mol. The number of carboxylic acid groups (broad SMARTS) is 1. The van der Waals surface area contributed by atoms with Crippen molar-refractivity contribution in [2.45, 2.75) is 37.6 Å². The summed E-state index contributed by atoms with van der Waals surface area (Å²) in [5.41, 5.74) is 0. The fourth-order valence-electron chi connectivity index (χ4n) is 2.79. The van der Waals surface area contributed by atoms with E-state index >= 15 is 0 Å². The lowest BCUT2D eigenvalue weighted by molar-refractivity contribution is -0.141. The predicted molar refractivity (Wildman–Crippen MR) is 76.6 cm³/mol. The zero-order valence-corrected chi connectivity index (χ0v) is 12.5. The largest absolute Gasteiger partial charge is 0.480 e. The molecule has 2 aliphatic heterocycles. The van der Waals surface area contributed by atoms with Crippen molar-refractivity contribution in [1.82, 2.24) is 9.80 Å². The van der Waals surface area contributed by atoms with E-state index in [1.54, 1.807) is 16.7 Å². The van der Waals surface area contributed by atoms with Crippen LogP contribution in [0.4, 0.5) is 4.79 Å². The third kappa shape index (κ3) is 3.03. The molecule has 2 aliphatic rings. The predicted octanol–water partition coefficient (Wildman–Crippen LogP) is 1.05. The second kappa shape index (κ2) is 6.67. The Hall–Kier alpha value is -0.950. The van der Waals surface area contributed by atoms with Crippen LogP contribution in [0.5, 0.6) is 0 Å². The molecule has 6 nitrogen and oxygen atoms in total. The van der Waals surface area contributed by atoms with Gasteiger partial charge < -0.3 is 15.1 Å². The van der Waals surface area contributed by atoms with Gasteiger partial charge in [0, 0.05) is 25.4 Å². The highest BCUT2D eigenvalue weighted by Crippen LogP contribution is 2.33. The number of urea groups is 1. The summed E-state index contributed by atoms with van der Waals surface area (Å²) in [6, 6.07) is -0.876. The molecule has 0 radical (unpaired) electrons. The van der Waals surface area contributed by atoms with Crippen molar-refractivity contribution in [2.24, 2.45) is 5.92 Å². The Morgan fingerprint density at radius 3 is 2.45 bits per heavy atom. The lowest BCUT2D eigenvalue weighted by Gasteiger charge is -2.37.